The van der Waals surface area contributed by atoms with Gasteiger partial charge in [0.1, 0.15) is 0 Å². The van der Waals surface area contributed by atoms with Crippen molar-refractivity contribution < 1.29 is 4.52 Å². The normalized spacial score (nSPS) is 11.0. The van der Waals surface area contributed by atoms with Crippen molar-refractivity contribution in [2.24, 2.45) is 0 Å². The maximum absolute atomic E-state index is 5.64. The highest BCUT2D eigenvalue weighted by molar-refractivity contribution is 5.58. The first-order valence-corrected chi connectivity index (χ1v) is 5.94. The lowest BCUT2D eigenvalue weighted by atomic mass is 10.0. The van der Waals surface area contributed by atoms with Gasteiger partial charge in [0.15, 0.2) is 0 Å². The first-order chi connectivity index (χ1) is 8.24. The van der Waals surface area contributed by atoms with Gasteiger partial charge < -0.3 is 10.3 Å². The lowest BCUT2D eigenvalue weighted by Gasteiger charge is -2.04. The van der Waals surface area contributed by atoms with Gasteiger partial charge in [-0.05, 0) is 37.1 Å². The quantitative estimate of drug-likeness (QED) is 0.820. The molecule has 0 bridgehead atoms. The van der Waals surface area contributed by atoms with Gasteiger partial charge >= 0.3 is 0 Å². The monoisotopic (exact) mass is 231 g/mol. The van der Waals surface area contributed by atoms with E-state index in [2.05, 4.69) is 24.0 Å². The lowest BCUT2D eigenvalue weighted by Crippen LogP contribution is -1.95. The molecular weight excluding hydrogens is 214 g/mol. The first kappa shape index (κ1) is 11.6. The minimum Gasteiger partial charge on any atom is -0.399 e. The Balaban J connectivity index is 2.26. The summed E-state index contributed by atoms with van der Waals surface area (Å²) in [6.45, 7) is 4.25. The largest absolute Gasteiger partial charge is 0.399 e. The smallest absolute Gasteiger partial charge is 0.230 e. The Labute approximate surface area is 101 Å². The number of nitrogens with two attached hydrogens (primary N) is 1. The second kappa shape index (κ2) is 4.99. The van der Waals surface area contributed by atoms with Crippen molar-refractivity contribution in [2.45, 2.75) is 32.6 Å². The van der Waals surface area contributed by atoms with E-state index < -0.39 is 0 Å². The summed E-state index contributed by atoms with van der Waals surface area (Å²) in [5.41, 5.74) is 7.30. The van der Waals surface area contributed by atoms with Crippen molar-refractivity contribution in [1.82, 2.24) is 10.1 Å². The van der Waals surface area contributed by atoms with Gasteiger partial charge in [-0.2, -0.15) is 4.98 Å². The summed E-state index contributed by atoms with van der Waals surface area (Å²) in [5.74, 6) is 1.71. The third kappa shape index (κ3) is 2.46. The highest BCUT2D eigenvalue weighted by atomic mass is 16.5. The summed E-state index contributed by atoms with van der Waals surface area (Å²) in [5, 5.41) is 4.01. The van der Waals surface area contributed by atoms with Crippen LogP contribution in [0.3, 0.4) is 0 Å². The molecule has 0 spiro atoms. The predicted octanol–water partition coefficient (Wildman–Crippen LogP) is 3.22. The molecule has 0 aliphatic heterocycles. The van der Waals surface area contributed by atoms with E-state index in [1.807, 2.05) is 24.3 Å². The lowest BCUT2D eigenvalue weighted by molar-refractivity contribution is 0.346. The molecule has 0 fully saturated rings. The Morgan fingerprint density at radius 3 is 2.41 bits per heavy atom. The van der Waals surface area contributed by atoms with Crippen molar-refractivity contribution in [3.63, 3.8) is 0 Å². The standard InChI is InChI=1S/C13H17N3O/c1-3-9(4-2)13-15-12(16-17-13)10-5-7-11(14)8-6-10/h5-9H,3-4,14H2,1-2H3. The molecule has 1 heterocycles. The molecule has 0 aliphatic rings. The molecule has 4 heteroatoms. The van der Waals surface area contributed by atoms with Crippen LogP contribution >= 0.6 is 0 Å². The van der Waals surface area contributed by atoms with E-state index in [0.29, 0.717) is 11.7 Å². The van der Waals surface area contributed by atoms with Crippen LogP contribution < -0.4 is 5.73 Å². The molecule has 4 nitrogen and oxygen atoms in total. The van der Waals surface area contributed by atoms with Crippen LogP contribution in [0.25, 0.3) is 11.4 Å². The van der Waals surface area contributed by atoms with Crippen molar-refractivity contribution in [1.29, 1.82) is 0 Å². The fourth-order valence-corrected chi connectivity index (χ4v) is 1.79. The van der Waals surface area contributed by atoms with E-state index in [-0.39, 0.29) is 0 Å². The van der Waals surface area contributed by atoms with Crippen molar-refractivity contribution in [3.05, 3.63) is 30.2 Å². The molecular formula is C13H17N3O. The second-order valence-electron chi connectivity index (χ2n) is 4.09. The summed E-state index contributed by atoms with van der Waals surface area (Å²) in [6.07, 6.45) is 2.03. The molecule has 2 aromatic rings. The molecule has 1 aromatic carbocycles. The van der Waals surface area contributed by atoms with Crippen LogP contribution in [-0.2, 0) is 0 Å². The molecule has 0 amide bonds. The molecule has 17 heavy (non-hydrogen) atoms. The van der Waals surface area contributed by atoms with Crippen LogP contribution in [0.5, 0.6) is 0 Å². The van der Waals surface area contributed by atoms with Crippen LogP contribution in [0.15, 0.2) is 28.8 Å². The highest BCUT2D eigenvalue weighted by Crippen LogP contribution is 2.24. The Bertz CT molecular complexity index is 472. The maximum atomic E-state index is 5.64. The number of aromatic nitrogens is 2. The van der Waals surface area contributed by atoms with Gasteiger partial charge in [0.05, 0.1) is 0 Å². The van der Waals surface area contributed by atoms with Crippen molar-refractivity contribution in [3.8, 4) is 11.4 Å². The van der Waals surface area contributed by atoms with E-state index in [1.165, 1.54) is 0 Å². The molecule has 0 unspecified atom stereocenters. The molecule has 0 atom stereocenters. The van der Waals surface area contributed by atoms with E-state index in [4.69, 9.17) is 10.3 Å². The third-order valence-corrected chi connectivity index (χ3v) is 2.95. The SMILES string of the molecule is CCC(CC)c1nc(-c2ccc(N)cc2)no1. The average molecular weight is 231 g/mol. The summed E-state index contributed by atoms with van der Waals surface area (Å²) in [6, 6.07) is 7.47. The molecule has 2 N–H and O–H groups in total. The summed E-state index contributed by atoms with van der Waals surface area (Å²) >= 11 is 0. The van der Waals surface area contributed by atoms with E-state index >= 15 is 0 Å². The molecule has 0 aliphatic carbocycles. The molecule has 1 aromatic heterocycles. The zero-order valence-electron chi connectivity index (χ0n) is 10.2. The molecule has 2 rings (SSSR count). The van der Waals surface area contributed by atoms with Crippen molar-refractivity contribution >= 4 is 5.69 Å². The van der Waals surface area contributed by atoms with Crippen molar-refractivity contribution in [2.75, 3.05) is 5.73 Å². The number of hydrogen-bond donors (Lipinski definition) is 1. The predicted molar refractivity (Wildman–Crippen MR) is 67.5 cm³/mol. The average Bonchev–Trinajstić information content (AvgIpc) is 2.81. The number of nitrogens with zero attached hydrogens (tertiary/aromatic N) is 2. The summed E-state index contributed by atoms with van der Waals surface area (Å²) < 4.78 is 5.30. The minimum absolute atomic E-state index is 0.352. The third-order valence-electron chi connectivity index (χ3n) is 2.95. The Hall–Kier alpha value is -1.84. The van der Waals surface area contributed by atoms with Gasteiger partial charge in [-0.25, -0.2) is 0 Å². The van der Waals surface area contributed by atoms with E-state index in [0.717, 1.165) is 30.0 Å². The summed E-state index contributed by atoms with van der Waals surface area (Å²) in [7, 11) is 0. The Kier molecular flexibility index (Phi) is 3.42. The number of benzene rings is 1. The van der Waals surface area contributed by atoms with Crippen LogP contribution in [-0.4, -0.2) is 10.1 Å². The van der Waals surface area contributed by atoms with Gasteiger partial charge in [0, 0.05) is 17.2 Å². The van der Waals surface area contributed by atoms with E-state index in [9.17, 15) is 0 Å². The van der Waals surface area contributed by atoms with Crippen LogP contribution in [0.1, 0.15) is 38.5 Å². The van der Waals surface area contributed by atoms with Crippen LogP contribution in [0, 0.1) is 0 Å². The topological polar surface area (TPSA) is 64.9 Å². The van der Waals surface area contributed by atoms with Crippen LogP contribution in [0.4, 0.5) is 5.69 Å². The number of anilines is 1. The molecule has 0 radical (unpaired) electrons. The zero-order chi connectivity index (χ0) is 12.3. The van der Waals surface area contributed by atoms with Crippen LogP contribution in [0.2, 0.25) is 0 Å². The number of nitrogen functional groups attached to an aromatic ring is 1. The maximum Gasteiger partial charge on any atom is 0.230 e. The molecule has 0 saturated heterocycles. The minimum atomic E-state index is 0.352. The fraction of sp³-hybridized carbons (Fsp3) is 0.385. The molecule has 90 valence electrons. The highest BCUT2D eigenvalue weighted by Gasteiger charge is 2.15. The second-order valence-corrected chi connectivity index (χ2v) is 4.09. The summed E-state index contributed by atoms with van der Waals surface area (Å²) in [4.78, 5) is 4.43. The van der Waals surface area contributed by atoms with Gasteiger partial charge in [-0.15, -0.1) is 0 Å². The molecule has 0 saturated carbocycles. The van der Waals surface area contributed by atoms with Gasteiger partial charge in [-0.1, -0.05) is 19.0 Å². The van der Waals surface area contributed by atoms with Gasteiger partial charge in [-0.3, -0.25) is 0 Å². The Morgan fingerprint density at radius 2 is 1.82 bits per heavy atom. The first-order valence-electron chi connectivity index (χ1n) is 5.94. The van der Waals surface area contributed by atoms with Gasteiger partial charge in [0.25, 0.3) is 0 Å². The number of hydrogen-bond acceptors (Lipinski definition) is 4. The zero-order valence-corrected chi connectivity index (χ0v) is 10.2. The Morgan fingerprint density at radius 1 is 1.18 bits per heavy atom. The number of rotatable bonds is 4. The fourth-order valence-electron chi connectivity index (χ4n) is 1.79. The van der Waals surface area contributed by atoms with Gasteiger partial charge in [0.2, 0.25) is 11.7 Å². The van der Waals surface area contributed by atoms with E-state index in [1.54, 1.807) is 0 Å².